The highest BCUT2D eigenvalue weighted by molar-refractivity contribution is 5.82. The van der Waals surface area contributed by atoms with Gasteiger partial charge in [0.15, 0.2) is 0 Å². The Morgan fingerprint density at radius 1 is 1.12 bits per heavy atom. The van der Waals surface area contributed by atoms with E-state index in [0.717, 1.165) is 11.9 Å². The van der Waals surface area contributed by atoms with E-state index in [4.69, 9.17) is 4.98 Å². The van der Waals surface area contributed by atoms with Crippen molar-refractivity contribution in [3.8, 4) is 0 Å². The average Bonchev–Trinajstić information content (AvgIpc) is 2.35. The fourth-order valence-corrected chi connectivity index (χ4v) is 2.22. The molecule has 90 valence electrons. The van der Waals surface area contributed by atoms with Crippen LogP contribution in [0.15, 0.2) is 30.3 Å². The summed E-state index contributed by atoms with van der Waals surface area (Å²) >= 11 is 0. The smallest absolute Gasteiger partial charge is 0.0708 e. The van der Waals surface area contributed by atoms with Crippen LogP contribution in [0.5, 0.6) is 0 Å². The van der Waals surface area contributed by atoms with Crippen LogP contribution in [0.1, 0.15) is 50.8 Å². The van der Waals surface area contributed by atoms with Gasteiger partial charge in [0.25, 0.3) is 0 Å². The number of pyridine rings is 1. The van der Waals surface area contributed by atoms with E-state index in [9.17, 15) is 0 Å². The Kier molecular flexibility index (Phi) is 3.78. The molecule has 17 heavy (non-hydrogen) atoms. The molecule has 1 heteroatoms. The lowest BCUT2D eigenvalue weighted by molar-refractivity contribution is 0.779. The van der Waals surface area contributed by atoms with Crippen molar-refractivity contribution in [3.63, 3.8) is 0 Å². The summed E-state index contributed by atoms with van der Waals surface area (Å²) in [6.07, 6.45) is 3.55. The zero-order valence-corrected chi connectivity index (χ0v) is 11.0. The van der Waals surface area contributed by atoms with Crippen LogP contribution in [0.4, 0.5) is 0 Å². The van der Waals surface area contributed by atoms with Crippen molar-refractivity contribution in [2.75, 3.05) is 0 Å². The van der Waals surface area contributed by atoms with E-state index in [2.05, 4.69) is 51.1 Å². The van der Waals surface area contributed by atoms with Gasteiger partial charge in [-0.05, 0) is 36.5 Å². The third kappa shape index (κ3) is 2.66. The van der Waals surface area contributed by atoms with Gasteiger partial charge in [0.2, 0.25) is 0 Å². The number of fused-ring (bicyclic) bond motifs is 1. The Hall–Kier alpha value is -1.37. The molecule has 1 aromatic heterocycles. The molecule has 0 unspecified atom stereocenters. The highest BCUT2D eigenvalue weighted by Crippen LogP contribution is 2.24. The molecule has 0 aliphatic heterocycles. The summed E-state index contributed by atoms with van der Waals surface area (Å²) in [5, 5.41) is 1.31. The Morgan fingerprint density at radius 3 is 2.65 bits per heavy atom. The second-order valence-electron chi connectivity index (χ2n) is 4.97. The predicted octanol–water partition coefficient (Wildman–Crippen LogP) is 4.70. The Labute approximate surface area is 104 Å². The number of nitrogens with zero attached hydrogens (tertiary/aromatic N) is 1. The van der Waals surface area contributed by atoms with Crippen molar-refractivity contribution in [2.45, 2.75) is 46.0 Å². The SMILES string of the molecule is CCCCc1ccc2c(C(C)C)cccc2n1. The minimum Gasteiger partial charge on any atom is -0.253 e. The summed E-state index contributed by atoms with van der Waals surface area (Å²) in [5.74, 6) is 0.557. The molecule has 1 aromatic carbocycles. The Bertz CT molecular complexity index is 500. The van der Waals surface area contributed by atoms with Gasteiger partial charge in [-0.3, -0.25) is 4.98 Å². The molecule has 1 heterocycles. The van der Waals surface area contributed by atoms with Crippen molar-refractivity contribution in [1.29, 1.82) is 0 Å². The first-order valence-corrected chi connectivity index (χ1v) is 6.61. The van der Waals surface area contributed by atoms with Gasteiger partial charge in [0.1, 0.15) is 0 Å². The molecule has 1 nitrogen and oxygen atoms in total. The molecule has 2 rings (SSSR count). The lowest BCUT2D eigenvalue weighted by atomic mass is 9.98. The number of hydrogen-bond acceptors (Lipinski definition) is 1. The van der Waals surface area contributed by atoms with Crippen LogP contribution in [-0.4, -0.2) is 4.98 Å². The molecule has 0 N–H and O–H groups in total. The second-order valence-corrected chi connectivity index (χ2v) is 4.97. The molecule has 0 spiro atoms. The van der Waals surface area contributed by atoms with Gasteiger partial charge in [-0.1, -0.05) is 45.4 Å². The average molecular weight is 227 g/mol. The lowest BCUT2D eigenvalue weighted by Gasteiger charge is -2.10. The summed E-state index contributed by atoms with van der Waals surface area (Å²) in [7, 11) is 0. The number of hydrogen-bond donors (Lipinski definition) is 0. The summed E-state index contributed by atoms with van der Waals surface area (Å²) in [4.78, 5) is 4.76. The van der Waals surface area contributed by atoms with E-state index in [-0.39, 0.29) is 0 Å². The minimum absolute atomic E-state index is 0.557. The van der Waals surface area contributed by atoms with Crippen LogP contribution in [0, 0.1) is 0 Å². The van der Waals surface area contributed by atoms with E-state index in [1.54, 1.807) is 0 Å². The zero-order valence-electron chi connectivity index (χ0n) is 11.0. The molecule has 0 fully saturated rings. The molecule has 0 bridgehead atoms. The third-order valence-electron chi connectivity index (χ3n) is 3.23. The monoisotopic (exact) mass is 227 g/mol. The quantitative estimate of drug-likeness (QED) is 0.737. The third-order valence-corrected chi connectivity index (χ3v) is 3.23. The van der Waals surface area contributed by atoms with Crippen LogP contribution < -0.4 is 0 Å². The number of rotatable bonds is 4. The Balaban J connectivity index is 2.42. The highest BCUT2D eigenvalue weighted by Gasteiger charge is 2.06. The molecule has 0 saturated heterocycles. The first-order chi connectivity index (χ1) is 8.22. The summed E-state index contributed by atoms with van der Waals surface area (Å²) < 4.78 is 0. The molecular formula is C16H21N. The topological polar surface area (TPSA) is 12.9 Å². The van der Waals surface area contributed by atoms with Crippen molar-refractivity contribution in [3.05, 3.63) is 41.6 Å². The summed E-state index contributed by atoms with van der Waals surface area (Å²) in [5.41, 5.74) is 3.77. The van der Waals surface area contributed by atoms with Crippen LogP contribution in [0.2, 0.25) is 0 Å². The van der Waals surface area contributed by atoms with E-state index in [1.165, 1.54) is 29.5 Å². The molecule has 0 aliphatic rings. The predicted molar refractivity (Wildman–Crippen MR) is 74.4 cm³/mol. The van der Waals surface area contributed by atoms with Crippen LogP contribution in [0.3, 0.4) is 0 Å². The molecule has 0 saturated carbocycles. The van der Waals surface area contributed by atoms with Crippen molar-refractivity contribution in [1.82, 2.24) is 4.98 Å². The van der Waals surface area contributed by atoms with Gasteiger partial charge in [-0.25, -0.2) is 0 Å². The fourth-order valence-electron chi connectivity index (χ4n) is 2.22. The van der Waals surface area contributed by atoms with Gasteiger partial charge >= 0.3 is 0 Å². The molecule has 0 atom stereocenters. The number of aromatic nitrogens is 1. The van der Waals surface area contributed by atoms with E-state index in [1.807, 2.05) is 0 Å². The van der Waals surface area contributed by atoms with Crippen LogP contribution in [0.25, 0.3) is 10.9 Å². The lowest BCUT2D eigenvalue weighted by Crippen LogP contribution is -1.94. The van der Waals surface area contributed by atoms with E-state index >= 15 is 0 Å². The zero-order chi connectivity index (χ0) is 12.3. The number of benzene rings is 1. The van der Waals surface area contributed by atoms with Gasteiger partial charge in [-0.2, -0.15) is 0 Å². The molecule has 0 radical (unpaired) electrons. The van der Waals surface area contributed by atoms with Crippen molar-refractivity contribution < 1.29 is 0 Å². The number of aryl methyl sites for hydroxylation is 1. The highest BCUT2D eigenvalue weighted by atomic mass is 14.7. The van der Waals surface area contributed by atoms with Gasteiger partial charge in [0.05, 0.1) is 5.52 Å². The molecule has 2 aromatic rings. The molecule has 0 amide bonds. The molecule has 0 aliphatic carbocycles. The maximum atomic E-state index is 4.76. The summed E-state index contributed by atoms with van der Waals surface area (Å²) in [6, 6.07) is 10.9. The first-order valence-electron chi connectivity index (χ1n) is 6.61. The standard InChI is InChI=1S/C16H21N/c1-4-5-7-13-10-11-15-14(12(2)3)8-6-9-16(15)17-13/h6,8-12H,4-5,7H2,1-3H3. The van der Waals surface area contributed by atoms with Gasteiger partial charge in [-0.15, -0.1) is 0 Å². The van der Waals surface area contributed by atoms with Crippen LogP contribution in [-0.2, 0) is 6.42 Å². The normalized spacial score (nSPS) is 11.3. The summed E-state index contributed by atoms with van der Waals surface area (Å²) in [6.45, 7) is 6.69. The largest absolute Gasteiger partial charge is 0.253 e. The Morgan fingerprint density at radius 2 is 1.94 bits per heavy atom. The number of unbranched alkanes of at least 4 members (excludes halogenated alkanes) is 1. The minimum atomic E-state index is 0.557. The van der Waals surface area contributed by atoms with E-state index in [0.29, 0.717) is 5.92 Å². The fraction of sp³-hybridized carbons (Fsp3) is 0.438. The van der Waals surface area contributed by atoms with Gasteiger partial charge in [0, 0.05) is 11.1 Å². The van der Waals surface area contributed by atoms with Crippen molar-refractivity contribution >= 4 is 10.9 Å². The first kappa shape index (κ1) is 12.1. The van der Waals surface area contributed by atoms with E-state index < -0.39 is 0 Å². The second kappa shape index (κ2) is 5.31. The molecular weight excluding hydrogens is 206 g/mol. The van der Waals surface area contributed by atoms with Crippen LogP contribution >= 0.6 is 0 Å². The van der Waals surface area contributed by atoms with Gasteiger partial charge < -0.3 is 0 Å². The van der Waals surface area contributed by atoms with Crippen molar-refractivity contribution in [2.24, 2.45) is 0 Å². The maximum absolute atomic E-state index is 4.76. The maximum Gasteiger partial charge on any atom is 0.0708 e.